The molecule has 0 atom stereocenters. The lowest BCUT2D eigenvalue weighted by atomic mass is 10.4. The Kier molecular flexibility index (Phi) is 4.03. The Labute approximate surface area is 89.5 Å². The number of hydrogen-bond donors (Lipinski definition) is 1. The molecule has 5 nitrogen and oxygen atoms in total. The second-order valence-corrected chi connectivity index (χ2v) is 3.37. The quantitative estimate of drug-likeness (QED) is 0.786. The van der Waals surface area contributed by atoms with Crippen LogP contribution in [-0.2, 0) is 11.3 Å². The van der Waals surface area contributed by atoms with Gasteiger partial charge in [0.05, 0.1) is 12.2 Å². The van der Waals surface area contributed by atoms with Crippen molar-refractivity contribution in [1.29, 1.82) is 0 Å². The van der Waals surface area contributed by atoms with E-state index >= 15 is 0 Å². The molecule has 1 amide bonds. The van der Waals surface area contributed by atoms with Crippen LogP contribution >= 0.6 is 0 Å². The Morgan fingerprint density at radius 2 is 2.27 bits per heavy atom. The van der Waals surface area contributed by atoms with Crippen LogP contribution in [0.25, 0.3) is 0 Å². The molecule has 0 saturated heterocycles. The third-order valence-corrected chi connectivity index (χ3v) is 1.89. The van der Waals surface area contributed by atoms with Crippen molar-refractivity contribution in [3.05, 3.63) is 18.0 Å². The van der Waals surface area contributed by atoms with Crippen LogP contribution in [0.2, 0.25) is 0 Å². The Morgan fingerprint density at radius 3 is 2.87 bits per heavy atom. The lowest BCUT2D eigenvalue weighted by Gasteiger charge is -2.10. The van der Waals surface area contributed by atoms with Gasteiger partial charge in [0.15, 0.2) is 0 Å². The number of carbonyl (C=O) groups excluding carboxylic acids is 1. The zero-order valence-electron chi connectivity index (χ0n) is 9.32. The second-order valence-electron chi connectivity index (χ2n) is 3.37. The number of amides is 1. The van der Waals surface area contributed by atoms with Gasteiger partial charge in [0.1, 0.15) is 0 Å². The van der Waals surface area contributed by atoms with Gasteiger partial charge in [-0.3, -0.25) is 4.79 Å². The van der Waals surface area contributed by atoms with Gasteiger partial charge in [0.25, 0.3) is 0 Å². The first-order valence-corrected chi connectivity index (χ1v) is 4.89. The minimum atomic E-state index is 0.0278. The summed E-state index contributed by atoms with van der Waals surface area (Å²) in [6.07, 6.45) is 2.18. The molecule has 0 aliphatic rings. The molecule has 1 aromatic heterocycles. The van der Waals surface area contributed by atoms with Gasteiger partial charge >= 0.3 is 0 Å². The van der Waals surface area contributed by atoms with E-state index < -0.39 is 0 Å². The van der Waals surface area contributed by atoms with Crippen molar-refractivity contribution in [2.24, 2.45) is 0 Å². The fourth-order valence-corrected chi connectivity index (χ4v) is 1.01. The molecule has 5 heteroatoms. The highest BCUT2D eigenvalue weighted by atomic mass is 16.1. The fourth-order valence-electron chi connectivity index (χ4n) is 1.01. The molecule has 0 bridgehead atoms. The standard InChI is InChI=1S/C10H16N4O/c1-4-9(15)12-7-8-5-6-11-10(13-8)14(2)3/h5-6H,4,7H2,1-3H3,(H,12,15). The molecular weight excluding hydrogens is 192 g/mol. The number of hydrogen-bond acceptors (Lipinski definition) is 4. The summed E-state index contributed by atoms with van der Waals surface area (Å²) in [6, 6.07) is 1.79. The van der Waals surface area contributed by atoms with E-state index in [9.17, 15) is 4.79 Å². The third-order valence-electron chi connectivity index (χ3n) is 1.89. The predicted octanol–water partition coefficient (Wildman–Crippen LogP) is 0.569. The summed E-state index contributed by atoms with van der Waals surface area (Å²) >= 11 is 0. The third kappa shape index (κ3) is 3.53. The van der Waals surface area contributed by atoms with Crippen LogP contribution in [0.3, 0.4) is 0 Å². The van der Waals surface area contributed by atoms with Crippen molar-refractivity contribution < 1.29 is 4.79 Å². The number of aromatic nitrogens is 2. The second kappa shape index (κ2) is 5.29. The maximum absolute atomic E-state index is 11.0. The van der Waals surface area contributed by atoms with Crippen LogP contribution in [0.5, 0.6) is 0 Å². The molecule has 0 aliphatic heterocycles. The molecule has 82 valence electrons. The number of nitrogens with zero attached hydrogens (tertiary/aromatic N) is 3. The highest BCUT2D eigenvalue weighted by Crippen LogP contribution is 2.02. The number of carbonyl (C=O) groups is 1. The SMILES string of the molecule is CCC(=O)NCc1ccnc(N(C)C)n1. The maximum atomic E-state index is 11.0. The molecule has 0 saturated carbocycles. The minimum absolute atomic E-state index is 0.0278. The van der Waals surface area contributed by atoms with E-state index in [4.69, 9.17) is 0 Å². The van der Waals surface area contributed by atoms with E-state index in [-0.39, 0.29) is 5.91 Å². The van der Waals surface area contributed by atoms with Crippen LogP contribution in [0.15, 0.2) is 12.3 Å². The largest absolute Gasteiger partial charge is 0.350 e. The lowest BCUT2D eigenvalue weighted by molar-refractivity contribution is -0.120. The Bertz CT molecular complexity index is 338. The van der Waals surface area contributed by atoms with E-state index in [2.05, 4.69) is 15.3 Å². The van der Waals surface area contributed by atoms with Crippen molar-refractivity contribution in [3.8, 4) is 0 Å². The summed E-state index contributed by atoms with van der Waals surface area (Å²) < 4.78 is 0. The first-order chi connectivity index (χ1) is 7.13. The van der Waals surface area contributed by atoms with Crippen molar-refractivity contribution in [2.45, 2.75) is 19.9 Å². The first-order valence-electron chi connectivity index (χ1n) is 4.89. The summed E-state index contributed by atoms with van der Waals surface area (Å²) in [6.45, 7) is 2.27. The number of nitrogens with one attached hydrogen (secondary N) is 1. The highest BCUT2D eigenvalue weighted by molar-refractivity contribution is 5.75. The topological polar surface area (TPSA) is 58.1 Å². The van der Waals surface area contributed by atoms with Crippen LogP contribution in [-0.4, -0.2) is 30.0 Å². The van der Waals surface area contributed by atoms with Crippen LogP contribution in [0.1, 0.15) is 19.0 Å². The molecule has 1 N–H and O–H groups in total. The predicted molar refractivity (Wildman–Crippen MR) is 58.5 cm³/mol. The van der Waals surface area contributed by atoms with E-state index in [0.29, 0.717) is 18.9 Å². The van der Waals surface area contributed by atoms with Gasteiger partial charge in [-0.15, -0.1) is 0 Å². The van der Waals surface area contributed by atoms with Gasteiger partial charge in [0.2, 0.25) is 11.9 Å². The Morgan fingerprint density at radius 1 is 1.53 bits per heavy atom. The monoisotopic (exact) mass is 208 g/mol. The highest BCUT2D eigenvalue weighted by Gasteiger charge is 2.02. The van der Waals surface area contributed by atoms with Crippen LogP contribution in [0, 0.1) is 0 Å². The van der Waals surface area contributed by atoms with Crippen molar-refractivity contribution in [3.63, 3.8) is 0 Å². The van der Waals surface area contributed by atoms with Crippen molar-refractivity contribution in [2.75, 3.05) is 19.0 Å². The minimum Gasteiger partial charge on any atom is -0.350 e. The molecule has 1 rings (SSSR count). The summed E-state index contributed by atoms with van der Waals surface area (Å²) in [5.41, 5.74) is 0.815. The number of anilines is 1. The summed E-state index contributed by atoms with van der Waals surface area (Å²) in [4.78, 5) is 21.2. The summed E-state index contributed by atoms with van der Waals surface area (Å²) in [7, 11) is 3.76. The van der Waals surface area contributed by atoms with E-state index in [1.165, 1.54) is 0 Å². The molecule has 0 fully saturated rings. The Hall–Kier alpha value is -1.65. The van der Waals surface area contributed by atoms with Crippen LogP contribution in [0.4, 0.5) is 5.95 Å². The van der Waals surface area contributed by atoms with Gasteiger partial charge in [-0.25, -0.2) is 9.97 Å². The normalized spacial score (nSPS) is 9.80. The summed E-state index contributed by atoms with van der Waals surface area (Å²) in [5, 5.41) is 2.77. The number of rotatable bonds is 4. The zero-order chi connectivity index (χ0) is 11.3. The molecule has 0 unspecified atom stereocenters. The molecule has 0 spiro atoms. The van der Waals surface area contributed by atoms with E-state index in [1.54, 1.807) is 12.3 Å². The summed E-state index contributed by atoms with van der Waals surface area (Å²) in [5.74, 6) is 0.679. The van der Waals surface area contributed by atoms with E-state index in [1.807, 2.05) is 25.9 Å². The first kappa shape index (κ1) is 11.4. The molecule has 0 radical (unpaired) electrons. The molecule has 1 aromatic rings. The smallest absolute Gasteiger partial charge is 0.225 e. The molecule has 0 aliphatic carbocycles. The van der Waals surface area contributed by atoms with Gasteiger partial charge < -0.3 is 10.2 Å². The van der Waals surface area contributed by atoms with Crippen molar-refractivity contribution >= 4 is 11.9 Å². The van der Waals surface area contributed by atoms with Gasteiger partial charge in [-0.2, -0.15) is 0 Å². The van der Waals surface area contributed by atoms with E-state index in [0.717, 1.165) is 5.69 Å². The Balaban J connectivity index is 2.61. The fraction of sp³-hybridized carbons (Fsp3) is 0.500. The molecular formula is C10H16N4O. The maximum Gasteiger partial charge on any atom is 0.225 e. The van der Waals surface area contributed by atoms with Crippen LogP contribution < -0.4 is 10.2 Å². The average Bonchev–Trinajstić information content (AvgIpc) is 2.26. The lowest BCUT2D eigenvalue weighted by Crippen LogP contribution is -2.22. The molecule has 0 aromatic carbocycles. The average molecular weight is 208 g/mol. The van der Waals surface area contributed by atoms with Crippen molar-refractivity contribution in [1.82, 2.24) is 15.3 Å². The van der Waals surface area contributed by atoms with Gasteiger partial charge in [-0.1, -0.05) is 6.92 Å². The molecule has 15 heavy (non-hydrogen) atoms. The van der Waals surface area contributed by atoms with Gasteiger partial charge in [-0.05, 0) is 6.07 Å². The molecule has 1 heterocycles. The van der Waals surface area contributed by atoms with Gasteiger partial charge in [0, 0.05) is 26.7 Å². The zero-order valence-corrected chi connectivity index (χ0v) is 9.32.